The van der Waals surface area contributed by atoms with Gasteiger partial charge in [0, 0.05) is 0 Å². The van der Waals surface area contributed by atoms with Crippen molar-refractivity contribution in [3.8, 4) is 6.07 Å². The van der Waals surface area contributed by atoms with Crippen molar-refractivity contribution in [2.45, 2.75) is 13.0 Å². The molecule has 0 rings (SSSR count). The van der Waals surface area contributed by atoms with Gasteiger partial charge in [-0.05, 0) is 19.1 Å². The molecule has 0 saturated heterocycles. The van der Waals surface area contributed by atoms with Crippen LogP contribution in [0.4, 0.5) is 0 Å². The van der Waals surface area contributed by atoms with E-state index in [0.29, 0.717) is 0 Å². The summed E-state index contributed by atoms with van der Waals surface area (Å²) < 4.78 is 0. The van der Waals surface area contributed by atoms with Crippen LogP contribution in [0.1, 0.15) is 6.92 Å². The Morgan fingerprint density at radius 1 is 2.00 bits per heavy atom. The molecule has 0 saturated carbocycles. The molecule has 0 aliphatic heterocycles. The topological polar surface area (TPSA) is 61.8 Å². The molecule has 0 aliphatic carbocycles. The minimum absolute atomic E-state index is 0.166. The first-order valence-electron chi connectivity index (χ1n) is 2.12. The standard InChI is InChI=1S/C4H7N3S/c1-3(2-5)7-4(6)8/h3H,1H3,(H3,6,7,8). The molecule has 0 aromatic carbocycles. The summed E-state index contributed by atoms with van der Waals surface area (Å²) in [6.07, 6.45) is 0. The highest BCUT2D eigenvalue weighted by atomic mass is 32.1. The van der Waals surface area contributed by atoms with Gasteiger partial charge in [0.15, 0.2) is 5.11 Å². The Morgan fingerprint density at radius 2 is 2.50 bits per heavy atom. The van der Waals surface area contributed by atoms with Gasteiger partial charge in [-0.2, -0.15) is 5.26 Å². The first-order valence-corrected chi connectivity index (χ1v) is 2.53. The van der Waals surface area contributed by atoms with Crippen LogP contribution in [0.15, 0.2) is 0 Å². The van der Waals surface area contributed by atoms with Crippen LogP contribution >= 0.6 is 12.2 Å². The lowest BCUT2D eigenvalue weighted by Crippen LogP contribution is -2.35. The molecule has 0 bridgehead atoms. The molecule has 0 aliphatic rings. The molecule has 3 N–H and O–H groups in total. The van der Waals surface area contributed by atoms with Gasteiger partial charge < -0.3 is 11.1 Å². The summed E-state index contributed by atoms with van der Waals surface area (Å²) in [7, 11) is 0. The van der Waals surface area contributed by atoms with Crippen molar-refractivity contribution in [1.82, 2.24) is 5.32 Å². The number of hydrogen-bond donors (Lipinski definition) is 2. The van der Waals surface area contributed by atoms with Gasteiger partial charge in [-0.3, -0.25) is 0 Å². The van der Waals surface area contributed by atoms with Crippen molar-refractivity contribution in [3.05, 3.63) is 0 Å². The van der Waals surface area contributed by atoms with Gasteiger partial charge in [0.1, 0.15) is 6.04 Å². The maximum atomic E-state index is 8.16. The highest BCUT2D eigenvalue weighted by molar-refractivity contribution is 7.80. The Labute approximate surface area is 53.5 Å². The predicted octanol–water partition coefficient (Wildman–Crippen LogP) is -0.268. The summed E-state index contributed by atoms with van der Waals surface area (Å²) >= 11 is 4.45. The summed E-state index contributed by atoms with van der Waals surface area (Å²) in [6.45, 7) is 1.68. The molecule has 0 amide bonds. The third-order valence-electron chi connectivity index (χ3n) is 0.552. The third-order valence-corrected chi connectivity index (χ3v) is 0.670. The van der Waals surface area contributed by atoms with E-state index in [1.165, 1.54) is 0 Å². The number of nitrogens with two attached hydrogens (primary N) is 1. The van der Waals surface area contributed by atoms with Crippen molar-refractivity contribution in [3.63, 3.8) is 0 Å². The highest BCUT2D eigenvalue weighted by Crippen LogP contribution is 1.72. The van der Waals surface area contributed by atoms with E-state index in [1.54, 1.807) is 6.92 Å². The van der Waals surface area contributed by atoms with Crippen LogP contribution in [0.25, 0.3) is 0 Å². The van der Waals surface area contributed by atoms with Crippen LogP contribution in [0.5, 0.6) is 0 Å². The molecule has 8 heavy (non-hydrogen) atoms. The number of thiocarbonyl (C=S) groups is 1. The smallest absolute Gasteiger partial charge is 0.164 e. The second kappa shape index (κ2) is 3.22. The number of nitrogens with zero attached hydrogens (tertiary/aromatic N) is 1. The fourth-order valence-electron chi connectivity index (χ4n) is 0.246. The van der Waals surface area contributed by atoms with E-state index in [4.69, 9.17) is 11.0 Å². The molecule has 0 radical (unpaired) electrons. The molecule has 0 fully saturated rings. The summed E-state index contributed by atoms with van der Waals surface area (Å²) in [6, 6.07) is 1.63. The normalized spacial score (nSPS) is 11.5. The lowest BCUT2D eigenvalue weighted by atomic mass is 10.4. The molecule has 1 unspecified atom stereocenters. The molecule has 3 nitrogen and oxygen atoms in total. The van der Waals surface area contributed by atoms with Crippen LogP contribution in [0.2, 0.25) is 0 Å². The molecule has 0 aromatic rings. The lowest BCUT2D eigenvalue weighted by Gasteiger charge is -2.01. The van der Waals surface area contributed by atoms with Gasteiger partial charge >= 0.3 is 0 Å². The van der Waals surface area contributed by atoms with E-state index in [2.05, 4.69) is 17.5 Å². The van der Waals surface area contributed by atoms with Crippen LogP contribution < -0.4 is 11.1 Å². The first-order chi connectivity index (χ1) is 3.66. The molecule has 0 aromatic heterocycles. The molecule has 0 heterocycles. The van der Waals surface area contributed by atoms with Crippen molar-refractivity contribution < 1.29 is 0 Å². The molecular weight excluding hydrogens is 122 g/mol. The summed E-state index contributed by atoms with van der Waals surface area (Å²) in [5.41, 5.74) is 5.04. The Bertz CT molecular complexity index is 126. The zero-order valence-electron chi connectivity index (χ0n) is 4.51. The Balaban J connectivity index is 3.43. The van der Waals surface area contributed by atoms with Crippen LogP contribution in [0, 0.1) is 11.3 Å². The first kappa shape index (κ1) is 7.18. The van der Waals surface area contributed by atoms with Gasteiger partial charge in [-0.25, -0.2) is 0 Å². The quantitative estimate of drug-likeness (QED) is 0.478. The molecule has 4 heteroatoms. The van der Waals surface area contributed by atoms with E-state index in [1.807, 2.05) is 6.07 Å². The number of nitrogens with one attached hydrogen (secondary N) is 1. The Morgan fingerprint density at radius 3 is 2.62 bits per heavy atom. The fourth-order valence-corrected chi connectivity index (χ4v) is 0.422. The van der Waals surface area contributed by atoms with E-state index in [-0.39, 0.29) is 11.2 Å². The SMILES string of the molecule is CC(C#N)NC(N)=S. The lowest BCUT2D eigenvalue weighted by molar-refractivity contribution is 0.822. The van der Waals surface area contributed by atoms with Crippen molar-refractivity contribution >= 4 is 17.3 Å². The average Bonchev–Trinajstić information content (AvgIpc) is 1.65. The van der Waals surface area contributed by atoms with Crippen molar-refractivity contribution in [2.75, 3.05) is 0 Å². The second-order valence-corrected chi connectivity index (χ2v) is 1.80. The van der Waals surface area contributed by atoms with E-state index < -0.39 is 0 Å². The monoisotopic (exact) mass is 129 g/mol. The van der Waals surface area contributed by atoms with Crippen LogP contribution in [0.3, 0.4) is 0 Å². The van der Waals surface area contributed by atoms with Crippen LogP contribution in [-0.2, 0) is 0 Å². The van der Waals surface area contributed by atoms with Gasteiger partial charge in [0.25, 0.3) is 0 Å². The summed E-state index contributed by atoms with van der Waals surface area (Å²) in [5, 5.41) is 10.9. The Kier molecular flexibility index (Phi) is 2.89. The van der Waals surface area contributed by atoms with Gasteiger partial charge in [-0.1, -0.05) is 0 Å². The van der Waals surface area contributed by atoms with Crippen molar-refractivity contribution in [1.29, 1.82) is 5.26 Å². The maximum Gasteiger partial charge on any atom is 0.164 e. The van der Waals surface area contributed by atoms with Gasteiger partial charge in [0.2, 0.25) is 0 Å². The number of nitriles is 1. The van der Waals surface area contributed by atoms with Crippen molar-refractivity contribution in [2.24, 2.45) is 5.73 Å². The predicted molar refractivity (Wildman–Crippen MR) is 35.0 cm³/mol. The zero-order valence-corrected chi connectivity index (χ0v) is 5.33. The fraction of sp³-hybridized carbons (Fsp3) is 0.500. The Hall–Kier alpha value is -0.820. The minimum atomic E-state index is -0.285. The summed E-state index contributed by atoms with van der Waals surface area (Å²) in [4.78, 5) is 0. The summed E-state index contributed by atoms with van der Waals surface area (Å²) in [5.74, 6) is 0. The molecule has 1 atom stereocenters. The second-order valence-electron chi connectivity index (χ2n) is 1.36. The minimum Gasteiger partial charge on any atom is -0.376 e. The van der Waals surface area contributed by atoms with Gasteiger partial charge in [0.05, 0.1) is 6.07 Å². The molecule has 0 spiro atoms. The molecular formula is C4H7N3S. The third kappa shape index (κ3) is 3.37. The van der Waals surface area contributed by atoms with Gasteiger partial charge in [-0.15, -0.1) is 0 Å². The van der Waals surface area contributed by atoms with E-state index in [9.17, 15) is 0 Å². The zero-order chi connectivity index (χ0) is 6.57. The molecule has 44 valence electrons. The number of rotatable bonds is 1. The van der Waals surface area contributed by atoms with E-state index >= 15 is 0 Å². The number of hydrogen-bond acceptors (Lipinski definition) is 2. The van der Waals surface area contributed by atoms with E-state index in [0.717, 1.165) is 0 Å². The maximum absolute atomic E-state index is 8.16. The largest absolute Gasteiger partial charge is 0.376 e. The highest BCUT2D eigenvalue weighted by Gasteiger charge is 1.94. The average molecular weight is 129 g/mol. The van der Waals surface area contributed by atoms with Crippen LogP contribution in [-0.4, -0.2) is 11.2 Å².